The molecular formula is C15H16N4OS. The van der Waals surface area contributed by atoms with Crippen LogP contribution in [0.1, 0.15) is 18.4 Å². The fraction of sp³-hybridized carbons (Fsp3) is 0.267. The maximum atomic E-state index is 6.06. The van der Waals surface area contributed by atoms with Crippen molar-refractivity contribution in [1.82, 2.24) is 15.1 Å². The molecule has 0 spiro atoms. The monoisotopic (exact) mass is 300 g/mol. The van der Waals surface area contributed by atoms with Gasteiger partial charge in [-0.1, -0.05) is 29.4 Å². The summed E-state index contributed by atoms with van der Waals surface area (Å²) >= 11 is 1.75. The first kappa shape index (κ1) is 14.0. The van der Waals surface area contributed by atoms with Crippen LogP contribution in [0, 0.1) is 0 Å². The Kier molecular flexibility index (Phi) is 4.17. The van der Waals surface area contributed by atoms with Gasteiger partial charge in [-0.2, -0.15) is 16.7 Å². The summed E-state index contributed by atoms with van der Waals surface area (Å²) in [6.07, 6.45) is 4.61. The van der Waals surface area contributed by atoms with E-state index >= 15 is 0 Å². The topological polar surface area (TPSA) is 77.8 Å². The lowest BCUT2D eigenvalue weighted by molar-refractivity contribution is 0.353. The van der Waals surface area contributed by atoms with Crippen molar-refractivity contribution < 1.29 is 4.52 Å². The molecule has 0 aliphatic rings. The van der Waals surface area contributed by atoms with Crippen molar-refractivity contribution in [2.24, 2.45) is 5.73 Å². The first-order valence-corrected chi connectivity index (χ1v) is 8.11. The Morgan fingerprint density at radius 2 is 2.14 bits per heavy atom. The van der Waals surface area contributed by atoms with Gasteiger partial charge < -0.3 is 10.3 Å². The summed E-state index contributed by atoms with van der Waals surface area (Å²) in [5.74, 6) is 1.92. The van der Waals surface area contributed by atoms with E-state index in [2.05, 4.69) is 15.1 Å². The van der Waals surface area contributed by atoms with Crippen LogP contribution in [0.3, 0.4) is 0 Å². The van der Waals surface area contributed by atoms with E-state index in [0.717, 1.165) is 28.6 Å². The van der Waals surface area contributed by atoms with Crippen molar-refractivity contribution >= 4 is 22.5 Å². The standard InChI is InChI=1S/C15H16N4OS/c1-21-9-7-12(16)15-18-14(19-20-15)13-11-5-3-2-4-10(11)6-8-17-13/h2-6,8,12H,7,9,16H2,1H3/t12-/m1/s1. The molecule has 0 amide bonds. The molecule has 6 heteroatoms. The maximum Gasteiger partial charge on any atom is 0.243 e. The van der Waals surface area contributed by atoms with Crippen LogP contribution >= 0.6 is 11.8 Å². The molecule has 1 atom stereocenters. The predicted octanol–water partition coefficient (Wildman–Crippen LogP) is 3.04. The van der Waals surface area contributed by atoms with E-state index < -0.39 is 0 Å². The molecule has 0 unspecified atom stereocenters. The summed E-state index contributed by atoms with van der Waals surface area (Å²) in [5, 5.41) is 6.13. The highest BCUT2D eigenvalue weighted by molar-refractivity contribution is 7.98. The van der Waals surface area contributed by atoms with Crippen LogP contribution in [-0.4, -0.2) is 27.1 Å². The molecule has 0 aliphatic heterocycles. The number of nitrogens with zero attached hydrogens (tertiary/aromatic N) is 3. The van der Waals surface area contributed by atoms with Gasteiger partial charge in [0.2, 0.25) is 11.7 Å². The van der Waals surface area contributed by atoms with Crippen LogP contribution in [0.25, 0.3) is 22.3 Å². The highest BCUT2D eigenvalue weighted by Gasteiger charge is 2.17. The summed E-state index contributed by atoms with van der Waals surface area (Å²) in [6.45, 7) is 0. The van der Waals surface area contributed by atoms with Gasteiger partial charge in [0, 0.05) is 11.6 Å². The van der Waals surface area contributed by atoms with Gasteiger partial charge in [0.25, 0.3) is 0 Å². The number of pyridine rings is 1. The predicted molar refractivity (Wildman–Crippen MR) is 85.0 cm³/mol. The second kappa shape index (κ2) is 6.24. The number of hydrogen-bond acceptors (Lipinski definition) is 6. The molecule has 3 aromatic rings. The zero-order chi connectivity index (χ0) is 14.7. The first-order chi connectivity index (χ1) is 10.3. The number of nitrogens with two attached hydrogens (primary N) is 1. The van der Waals surface area contributed by atoms with E-state index in [0.29, 0.717) is 11.7 Å². The summed E-state index contributed by atoms with van der Waals surface area (Å²) in [4.78, 5) is 8.79. The molecule has 108 valence electrons. The number of benzene rings is 1. The lowest BCUT2D eigenvalue weighted by atomic mass is 10.1. The minimum absolute atomic E-state index is 0.228. The minimum Gasteiger partial charge on any atom is -0.337 e. The normalized spacial score (nSPS) is 12.7. The van der Waals surface area contributed by atoms with Crippen LogP contribution in [0.5, 0.6) is 0 Å². The van der Waals surface area contributed by atoms with Gasteiger partial charge >= 0.3 is 0 Å². The molecular weight excluding hydrogens is 284 g/mol. The molecule has 3 rings (SSSR count). The number of rotatable bonds is 5. The van der Waals surface area contributed by atoms with E-state index in [-0.39, 0.29) is 6.04 Å². The quantitative estimate of drug-likeness (QED) is 0.780. The molecule has 2 N–H and O–H groups in total. The van der Waals surface area contributed by atoms with Crippen molar-refractivity contribution in [3.63, 3.8) is 0 Å². The van der Waals surface area contributed by atoms with Crippen molar-refractivity contribution in [2.75, 3.05) is 12.0 Å². The van der Waals surface area contributed by atoms with Gasteiger partial charge in [-0.05, 0) is 29.9 Å². The van der Waals surface area contributed by atoms with Gasteiger partial charge in [0.1, 0.15) is 5.69 Å². The number of aromatic nitrogens is 3. The summed E-state index contributed by atoms with van der Waals surface area (Å²) < 4.78 is 5.29. The Morgan fingerprint density at radius 1 is 1.29 bits per heavy atom. The van der Waals surface area contributed by atoms with E-state index in [1.807, 2.05) is 36.6 Å². The fourth-order valence-electron chi connectivity index (χ4n) is 2.15. The van der Waals surface area contributed by atoms with E-state index in [1.54, 1.807) is 18.0 Å². The average molecular weight is 300 g/mol. The third kappa shape index (κ3) is 2.91. The molecule has 0 saturated heterocycles. The summed E-state index contributed by atoms with van der Waals surface area (Å²) in [6, 6.07) is 9.73. The van der Waals surface area contributed by atoms with Crippen LogP contribution in [0.15, 0.2) is 41.1 Å². The van der Waals surface area contributed by atoms with Gasteiger partial charge in [0.05, 0.1) is 6.04 Å². The molecule has 0 saturated carbocycles. The van der Waals surface area contributed by atoms with Crippen molar-refractivity contribution in [3.05, 3.63) is 42.4 Å². The molecule has 2 heterocycles. The van der Waals surface area contributed by atoms with Gasteiger partial charge in [-0.25, -0.2) is 0 Å². The Bertz CT molecular complexity index is 738. The third-order valence-corrected chi connectivity index (χ3v) is 3.92. The minimum atomic E-state index is -0.228. The van der Waals surface area contributed by atoms with Crippen LogP contribution < -0.4 is 5.73 Å². The Labute approximate surface area is 126 Å². The molecule has 2 aromatic heterocycles. The lowest BCUT2D eigenvalue weighted by Gasteiger charge is -2.03. The van der Waals surface area contributed by atoms with E-state index in [9.17, 15) is 0 Å². The second-order valence-corrected chi connectivity index (χ2v) is 5.71. The van der Waals surface area contributed by atoms with Gasteiger partial charge in [-0.3, -0.25) is 4.98 Å². The van der Waals surface area contributed by atoms with Gasteiger partial charge in [0.15, 0.2) is 0 Å². The number of fused-ring (bicyclic) bond motifs is 1. The average Bonchev–Trinajstić information content (AvgIpc) is 3.02. The molecule has 1 aromatic carbocycles. The molecule has 0 aliphatic carbocycles. The van der Waals surface area contributed by atoms with E-state index in [4.69, 9.17) is 10.3 Å². The lowest BCUT2D eigenvalue weighted by Crippen LogP contribution is -2.11. The molecule has 5 nitrogen and oxygen atoms in total. The van der Waals surface area contributed by atoms with E-state index in [1.165, 1.54) is 0 Å². The molecule has 0 radical (unpaired) electrons. The second-order valence-electron chi connectivity index (χ2n) is 4.72. The van der Waals surface area contributed by atoms with Crippen LogP contribution in [-0.2, 0) is 0 Å². The molecule has 0 fully saturated rings. The highest BCUT2D eigenvalue weighted by Crippen LogP contribution is 2.25. The molecule has 0 bridgehead atoms. The largest absolute Gasteiger partial charge is 0.337 e. The SMILES string of the molecule is CSCC[C@@H](N)c1nc(-c2nccc3ccccc23)no1. The van der Waals surface area contributed by atoms with Crippen molar-refractivity contribution in [2.45, 2.75) is 12.5 Å². The zero-order valence-corrected chi connectivity index (χ0v) is 12.5. The first-order valence-electron chi connectivity index (χ1n) is 6.72. The summed E-state index contributed by atoms with van der Waals surface area (Å²) in [5.41, 5.74) is 6.78. The van der Waals surface area contributed by atoms with Crippen LogP contribution in [0.2, 0.25) is 0 Å². The molecule has 21 heavy (non-hydrogen) atoms. The summed E-state index contributed by atoms with van der Waals surface area (Å²) in [7, 11) is 0. The Morgan fingerprint density at radius 3 is 3.00 bits per heavy atom. The Hall–Kier alpha value is -1.92. The smallest absolute Gasteiger partial charge is 0.243 e. The maximum absolute atomic E-state index is 6.06. The van der Waals surface area contributed by atoms with Gasteiger partial charge in [-0.15, -0.1) is 0 Å². The highest BCUT2D eigenvalue weighted by atomic mass is 32.2. The van der Waals surface area contributed by atoms with Crippen molar-refractivity contribution in [3.8, 4) is 11.5 Å². The van der Waals surface area contributed by atoms with Crippen molar-refractivity contribution in [1.29, 1.82) is 0 Å². The zero-order valence-electron chi connectivity index (χ0n) is 11.7. The number of thioether (sulfide) groups is 1. The fourth-order valence-corrected chi connectivity index (χ4v) is 2.64. The van der Waals surface area contributed by atoms with Crippen LogP contribution in [0.4, 0.5) is 0 Å². The number of hydrogen-bond donors (Lipinski definition) is 1. The Balaban J connectivity index is 1.95. The third-order valence-electron chi connectivity index (χ3n) is 3.28.